The van der Waals surface area contributed by atoms with Crippen molar-refractivity contribution in [1.82, 2.24) is 0 Å². The predicted molar refractivity (Wildman–Crippen MR) is 89.9 cm³/mol. The maximum absolute atomic E-state index is 13.7. The van der Waals surface area contributed by atoms with Crippen LogP contribution >= 0.6 is 0 Å². The lowest BCUT2D eigenvalue weighted by Gasteiger charge is -2.48. The summed E-state index contributed by atoms with van der Waals surface area (Å²) < 4.78 is 0. The molecule has 132 valence electrons. The normalized spacial score (nSPS) is 54.9. The van der Waals surface area contributed by atoms with Gasteiger partial charge in [0.2, 0.25) is 0 Å². The first-order valence-corrected chi connectivity index (χ1v) is 9.01. The lowest BCUT2D eigenvalue weighted by Crippen LogP contribution is -2.64. The van der Waals surface area contributed by atoms with Crippen molar-refractivity contribution in [2.45, 2.75) is 58.8 Å². The fourth-order valence-corrected chi connectivity index (χ4v) is 6.41. The molecule has 1 spiro atoms. The first kappa shape index (κ1) is 16.5. The molecule has 0 heterocycles. The highest BCUT2D eigenvalue weighted by molar-refractivity contribution is 5.95. The highest BCUT2D eigenvalue weighted by Gasteiger charge is 2.75. The first-order valence-electron chi connectivity index (χ1n) is 9.01. The van der Waals surface area contributed by atoms with E-state index in [1.54, 1.807) is 19.9 Å². The fourth-order valence-electron chi connectivity index (χ4n) is 6.41. The zero-order chi connectivity index (χ0) is 17.8. The van der Waals surface area contributed by atoms with Gasteiger partial charge in [0, 0.05) is 5.92 Å². The van der Waals surface area contributed by atoms with Gasteiger partial charge in [-0.05, 0) is 54.6 Å². The Kier molecular flexibility index (Phi) is 3.03. The van der Waals surface area contributed by atoms with Crippen LogP contribution in [0.2, 0.25) is 0 Å². The van der Waals surface area contributed by atoms with E-state index >= 15 is 0 Å². The van der Waals surface area contributed by atoms with Crippen LogP contribution in [-0.2, 0) is 4.79 Å². The number of fused-ring (bicyclic) bond motifs is 3. The van der Waals surface area contributed by atoms with Crippen LogP contribution in [0.15, 0.2) is 23.3 Å². The molecule has 4 heteroatoms. The lowest BCUT2D eigenvalue weighted by molar-refractivity contribution is -0.189. The largest absolute Gasteiger partial charge is 0.386 e. The fraction of sp³-hybridized carbons (Fsp3) is 0.750. The van der Waals surface area contributed by atoms with E-state index in [-0.39, 0.29) is 29.0 Å². The van der Waals surface area contributed by atoms with Gasteiger partial charge in [-0.15, -0.1) is 0 Å². The molecule has 2 saturated carbocycles. The van der Waals surface area contributed by atoms with Gasteiger partial charge in [0.05, 0.1) is 5.41 Å². The summed E-state index contributed by atoms with van der Waals surface area (Å²) >= 11 is 0. The summed E-state index contributed by atoms with van der Waals surface area (Å²) in [5.74, 6) is 0.240. The second-order valence-electron chi connectivity index (χ2n) is 9.28. The van der Waals surface area contributed by atoms with Gasteiger partial charge >= 0.3 is 0 Å². The molecule has 0 aromatic heterocycles. The maximum atomic E-state index is 13.7. The van der Waals surface area contributed by atoms with Gasteiger partial charge < -0.3 is 15.3 Å². The Morgan fingerprint density at radius 2 is 1.71 bits per heavy atom. The predicted octanol–water partition coefficient (Wildman–Crippen LogP) is 1.84. The van der Waals surface area contributed by atoms with E-state index < -0.39 is 23.2 Å². The van der Waals surface area contributed by atoms with Gasteiger partial charge in [-0.3, -0.25) is 4.79 Å². The number of aliphatic hydroxyl groups excluding tert-OH is 2. The van der Waals surface area contributed by atoms with Gasteiger partial charge in [0.25, 0.3) is 0 Å². The number of hydrogen-bond donors (Lipinski definition) is 3. The zero-order valence-corrected chi connectivity index (χ0v) is 15.1. The number of Topliss-reactive ketones (excluding diaryl/α,β-unsaturated/α-hetero) is 1. The van der Waals surface area contributed by atoms with E-state index in [1.165, 1.54) is 0 Å². The number of ketones is 1. The molecule has 0 saturated heterocycles. The summed E-state index contributed by atoms with van der Waals surface area (Å²) in [6, 6.07) is 0. The van der Waals surface area contributed by atoms with Crippen LogP contribution in [-0.4, -0.2) is 38.9 Å². The van der Waals surface area contributed by atoms with Crippen molar-refractivity contribution in [1.29, 1.82) is 0 Å². The van der Waals surface area contributed by atoms with E-state index in [2.05, 4.69) is 13.8 Å². The second kappa shape index (κ2) is 4.40. The molecule has 4 aliphatic rings. The average molecular weight is 332 g/mol. The van der Waals surface area contributed by atoms with Gasteiger partial charge in [-0.25, -0.2) is 0 Å². The molecule has 0 aromatic rings. The molecule has 4 nitrogen and oxygen atoms in total. The van der Waals surface area contributed by atoms with Gasteiger partial charge in [-0.1, -0.05) is 32.9 Å². The van der Waals surface area contributed by atoms with Crippen molar-refractivity contribution in [2.24, 2.45) is 34.5 Å². The van der Waals surface area contributed by atoms with Gasteiger partial charge in [0.15, 0.2) is 5.78 Å². The molecule has 3 N–H and O–H groups in total. The standard InChI is InChI=1S/C20H28O4/c1-9-6-12-14-13(18(14,4)5)7-11(3)19(17(12)23)8-10(2)16(22)20(19,24)15(9)21/h6,8,11-16,21-22,24H,7H2,1-5H3/t11-,12?,13?,14?,15?,16+,19+,20?/m1/s1. The van der Waals surface area contributed by atoms with Crippen molar-refractivity contribution in [3.05, 3.63) is 23.3 Å². The van der Waals surface area contributed by atoms with Crippen molar-refractivity contribution in [3.8, 4) is 0 Å². The molecule has 2 bridgehead atoms. The second-order valence-corrected chi connectivity index (χ2v) is 9.28. The number of carbonyl (C=O) groups is 1. The van der Waals surface area contributed by atoms with Gasteiger partial charge in [-0.2, -0.15) is 0 Å². The van der Waals surface area contributed by atoms with E-state index in [4.69, 9.17) is 0 Å². The van der Waals surface area contributed by atoms with Crippen LogP contribution in [0.25, 0.3) is 0 Å². The minimum atomic E-state index is -1.87. The van der Waals surface area contributed by atoms with E-state index in [9.17, 15) is 20.1 Å². The molecule has 0 amide bonds. The molecule has 0 radical (unpaired) electrons. The quantitative estimate of drug-likeness (QED) is 0.592. The van der Waals surface area contributed by atoms with Crippen molar-refractivity contribution in [2.75, 3.05) is 0 Å². The van der Waals surface area contributed by atoms with E-state index in [1.807, 2.05) is 13.0 Å². The summed E-state index contributed by atoms with van der Waals surface area (Å²) in [7, 11) is 0. The number of aliphatic hydroxyl groups is 3. The molecule has 4 rings (SSSR count). The Morgan fingerprint density at radius 1 is 1.12 bits per heavy atom. The number of carbonyl (C=O) groups excluding carboxylic acids is 1. The lowest BCUT2D eigenvalue weighted by atomic mass is 9.59. The zero-order valence-electron chi connectivity index (χ0n) is 15.1. The summed E-state index contributed by atoms with van der Waals surface area (Å²) in [5, 5.41) is 33.2. The third-order valence-corrected chi connectivity index (χ3v) is 7.88. The molecule has 0 aromatic carbocycles. The summed E-state index contributed by atoms with van der Waals surface area (Å²) in [4.78, 5) is 13.7. The van der Waals surface area contributed by atoms with Crippen LogP contribution in [0.3, 0.4) is 0 Å². The first-order chi connectivity index (χ1) is 11.0. The van der Waals surface area contributed by atoms with Crippen molar-refractivity contribution < 1.29 is 20.1 Å². The Hall–Kier alpha value is -0.970. The van der Waals surface area contributed by atoms with Crippen LogP contribution < -0.4 is 0 Å². The van der Waals surface area contributed by atoms with Crippen LogP contribution in [0.4, 0.5) is 0 Å². The van der Waals surface area contributed by atoms with Crippen LogP contribution in [0, 0.1) is 34.5 Å². The monoisotopic (exact) mass is 332 g/mol. The minimum Gasteiger partial charge on any atom is -0.386 e. The topological polar surface area (TPSA) is 77.8 Å². The van der Waals surface area contributed by atoms with Crippen molar-refractivity contribution >= 4 is 5.78 Å². The van der Waals surface area contributed by atoms with E-state index in [0.717, 1.165) is 6.42 Å². The summed E-state index contributed by atoms with van der Waals surface area (Å²) in [6.45, 7) is 9.91. The molecule has 4 aliphatic carbocycles. The maximum Gasteiger partial charge on any atom is 0.153 e. The Morgan fingerprint density at radius 3 is 2.33 bits per heavy atom. The summed E-state index contributed by atoms with van der Waals surface area (Å²) in [5.41, 5.74) is -1.80. The Bertz CT molecular complexity index is 690. The molecular weight excluding hydrogens is 304 g/mol. The van der Waals surface area contributed by atoms with Crippen molar-refractivity contribution in [3.63, 3.8) is 0 Å². The molecule has 24 heavy (non-hydrogen) atoms. The Labute approximate surface area is 143 Å². The third kappa shape index (κ3) is 1.50. The third-order valence-electron chi connectivity index (χ3n) is 7.88. The highest BCUT2D eigenvalue weighted by Crippen LogP contribution is 2.71. The minimum absolute atomic E-state index is 0.0256. The molecule has 8 atom stereocenters. The molecular formula is C20H28O4. The number of rotatable bonds is 0. The van der Waals surface area contributed by atoms with Crippen LogP contribution in [0.5, 0.6) is 0 Å². The van der Waals surface area contributed by atoms with Gasteiger partial charge in [0.1, 0.15) is 17.8 Å². The average Bonchev–Trinajstić information content (AvgIpc) is 3.01. The highest BCUT2D eigenvalue weighted by atomic mass is 16.4. The number of allylic oxidation sites excluding steroid dienone is 1. The Balaban J connectivity index is 1.99. The molecule has 5 unspecified atom stereocenters. The molecule has 2 fully saturated rings. The molecule has 0 aliphatic heterocycles. The summed E-state index contributed by atoms with van der Waals surface area (Å²) in [6.07, 6.45) is 2.01. The SMILES string of the molecule is CC1=CC2C(=O)[C@]3(C=C(C)[C@H](O)C3(O)C1O)[C@H](C)CC1C2C1(C)C. The van der Waals surface area contributed by atoms with Crippen LogP contribution in [0.1, 0.15) is 41.0 Å². The van der Waals surface area contributed by atoms with E-state index in [0.29, 0.717) is 17.1 Å². The smallest absolute Gasteiger partial charge is 0.153 e. The number of hydrogen-bond acceptors (Lipinski definition) is 4.